The summed E-state index contributed by atoms with van der Waals surface area (Å²) < 4.78 is 23.6. The fourth-order valence-electron chi connectivity index (χ4n) is 1.41. The van der Waals surface area contributed by atoms with Crippen molar-refractivity contribution >= 4 is 11.6 Å². The Kier molecular flexibility index (Phi) is 4.30. The second kappa shape index (κ2) is 5.81. The Morgan fingerprint density at radius 2 is 2.15 bits per heavy atom. The summed E-state index contributed by atoms with van der Waals surface area (Å²) in [5, 5.41) is 3.27. The van der Waals surface area contributed by atoms with Gasteiger partial charge in [0.15, 0.2) is 0 Å². The van der Waals surface area contributed by atoms with Gasteiger partial charge in [0.25, 0.3) is 0 Å². The quantitative estimate of drug-likeness (QED) is 0.921. The van der Waals surface area contributed by atoms with Crippen molar-refractivity contribution < 1.29 is 13.5 Å². The second-order valence-electron chi connectivity index (χ2n) is 5.39. The number of ether oxygens (including phenoxy) is 1. The molecule has 0 fully saturated rings. The fraction of sp³-hybridized carbons (Fsp3) is 0.357. The van der Waals surface area contributed by atoms with Crippen LogP contribution >= 0.6 is 11.6 Å². The molecule has 0 radical (unpaired) electrons. The fourth-order valence-corrected chi connectivity index (χ4v) is 1.58. The zero-order valence-corrected chi connectivity index (χ0v) is 12.3. The van der Waals surface area contributed by atoms with Gasteiger partial charge in [-0.05, 0) is 32.9 Å². The number of nitrogens with zero attached hydrogens (tertiary/aromatic N) is 1. The molecule has 0 bridgehead atoms. The van der Waals surface area contributed by atoms with Crippen LogP contribution in [0.4, 0.5) is 4.39 Å². The van der Waals surface area contributed by atoms with Crippen molar-refractivity contribution in [1.29, 1.82) is 0 Å². The molecule has 0 aliphatic rings. The first-order valence-electron chi connectivity index (χ1n) is 6.16. The van der Waals surface area contributed by atoms with E-state index in [9.17, 15) is 4.39 Å². The molecule has 1 N–H and O–H groups in total. The van der Waals surface area contributed by atoms with E-state index in [1.54, 1.807) is 0 Å². The van der Waals surface area contributed by atoms with Crippen LogP contribution in [0.2, 0.25) is 5.02 Å². The van der Waals surface area contributed by atoms with Crippen LogP contribution < -0.4 is 10.1 Å². The lowest BCUT2D eigenvalue weighted by Gasteiger charge is -2.19. The first-order valence-corrected chi connectivity index (χ1v) is 6.54. The third kappa shape index (κ3) is 4.21. The van der Waals surface area contributed by atoms with Gasteiger partial charge in [0.1, 0.15) is 17.8 Å². The molecule has 0 saturated heterocycles. The first kappa shape index (κ1) is 14.8. The lowest BCUT2D eigenvalue weighted by atomic mass is 10.1. The summed E-state index contributed by atoms with van der Waals surface area (Å²) in [5.41, 5.74) is 0.716. The van der Waals surface area contributed by atoms with Crippen molar-refractivity contribution in [3.63, 3.8) is 0 Å². The molecule has 0 aliphatic heterocycles. The molecule has 0 aliphatic carbocycles. The largest absolute Gasteiger partial charge is 0.417 e. The summed E-state index contributed by atoms with van der Waals surface area (Å²) in [6.07, 6.45) is 1.61. The Balaban J connectivity index is 2.00. The Bertz CT molecular complexity index is 593. The number of rotatable bonds is 4. The van der Waals surface area contributed by atoms with Crippen molar-refractivity contribution in [1.82, 2.24) is 10.3 Å². The highest BCUT2D eigenvalue weighted by atomic mass is 35.5. The highest BCUT2D eigenvalue weighted by Gasteiger charge is 2.12. The second-order valence-corrected chi connectivity index (χ2v) is 5.79. The summed E-state index contributed by atoms with van der Waals surface area (Å²) in [6, 6.07) is 4.05. The van der Waals surface area contributed by atoms with E-state index >= 15 is 0 Å². The third-order valence-electron chi connectivity index (χ3n) is 2.43. The molecule has 1 heterocycles. The van der Waals surface area contributed by atoms with Crippen LogP contribution in [-0.4, -0.2) is 10.5 Å². The average Bonchev–Trinajstić information content (AvgIpc) is 2.78. The van der Waals surface area contributed by atoms with Crippen LogP contribution in [-0.2, 0) is 6.54 Å². The van der Waals surface area contributed by atoms with Gasteiger partial charge >= 0.3 is 6.08 Å². The van der Waals surface area contributed by atoms with Crippen LogP contribution in [0.15, 0.2) is 28.9 Å². The Labute approximate surface area is 121 Å². The molecule has 1 aromatic heterocycles. The zero-order valence-electron chi connectivity index (χ0n) is 11.5. The number of halogens is 2. The minimum atomic E-state index is -0.499. The average molecular weight is 299 g/mol. The number of hydrogen-bond donors (Lipinski definition) is 1. The summed E-state index contributed by atoms with van der Waals surface area (Å²) in [5.74, 6) is -0.130. The highest BCUT2D eigenvalue weighted by molar-refractivity contribution is 6.30. The molecule has 108 valence electrons. The van der Waals surface area contributed by atoms with Gasteiger partial charge in [-0.25, -0.2) is 4.39 Å². The number of aromatic nitrogens is 1. The van der Waals surface area contributed by atoms with E-state index in [0.717, 1.165) is 5.69 Å². The molecule has 0 unspecified atom stereocenters. The molecule has 20 heavy (non-hydrogen) atoms. The van der Waals surface area contributed by atoms with E-state index in [4.69, 9.17) is 20.8 Å². The molecular formula is C14H16ClFN2O2. The van der Waals surface area contributed by atoms with Crippen molar-refractivity contribution in [2.75, 3.05) is 0 Å². The Morgan fingerprint density at radius 1 is 1.40 bits per heavy atom. The van der Waals surface area contributed by atoms with Crippen molar-refractivity contribution in [3.8, 4) is 11.8 Å². The van der Waals surface area contributed by atoms with Crippen LogP contribution in [0.25, 0.3) is 0 Å². The van der Waals surface area contributed by atoms with Gasteiger partial charge in [0.05, 0.1) is 10.7 Å². The highest BCUT2D eigenvalue weighted by Crippen LogP contribution is 2.25. The summed E-state index contributed by atoms with van der Waals surface area (Å²) in [7, 11) is 0. The molecular weight excluding hydrogens is 283 g/mol. The molecule has 2 rings (SSSR count). The number of oxazole rings is 1. The first-order chi connectivity index (χ1) is 9.33. The molecule has 0 atom stereocenters. The maximum atomic E-state index is 13.0. The summed E-state index contributed by atoms with van der Waals surface area (Å²) >= 11 is 5.67. The standard InChI is InChI=1S/C14H16ClFN2O2/c1-14(2,3)17-7-9-8-19-13(18-9)20-10-4-5-12(16)11(15)6-10/h4-6,8,17H,7H2,1-3H3. The third-order valence-corrected chi connectivity index (χ3v) is 2.72. The van der Waals surface area contributed by atoms with Gasteiger partial charge in [-0.15, -0.1) is 0 Å². The lowest BCUT2D eigenvalue weighted by Crippen LogP contribution is -2.35. The molecule has 0 saturated carbocycles. The predicted molar refractivity (Wildman–Crippen MR) is 74.6 cm³/mol. The maximum absolute atomic E-state index is 13.0. The van der Waals surface area contributed by atoms with E-state index in [1.165, 1.54) is 24.5 Å². The zero-order chi connectivity index (χ0) is 14.8. The van der Waals surface area contributed by atoms with Gasteiger partial charge in [-0.3, -0.25) is 0 Å². The van der Waals surface area contributed by atoms with Crippen molar-refractivity contribution in [2.45, 2.75) is 32.9 Å². The molecule has 0 spiro atoms. The van der Waals surface area contributed by atoms with E-state index in [1.807, 2.05) is 0 Å². The Morgan fingerprint density at radius 3 is 2.80 bits per heavy atom. The normalized spacial score (nSPS) is 11.7. The Hall–Kier alpha value is -1.59. The van der Waals surface area contributed by atoms with E-state index in [0.29, 0.717) is 12.3 Å². The molecule has 4 nitrogen and oxygen atoms in total. The lowest BCUT2D eigenvalue weighted by molar-refractivity contribution is 0.330. The van der Waals surface area contributed by atoms with Gasteiger partial charge in [-0.2, -0.15) is 4.98 Å². The van der Waals surface area contributed by atoms with Crippen LogP contribution in [0.3, 0.4) is 0 Å². The minimum absolute atomic E-state index is 0.00947. The SMILES string of the molecule is CC(C)(C)NCc1coc(Oc2ccc(F)c(Cl)c2)n1. The summed E-state index contributed by atoms with van der Waals surface area (Å²) in [6.45, 7) is 6.75. The van der Waals surface area contributed by atoms with Gasteiger partial charge in [-0.1, -0.05) is 11.6 Å². The number of benzene rings is 1. The van der Waals surface area contributed by atoms with E-state index < -0.39 is 5.82 Å². The summed E-state index contributed by atoms with van der Waals surface area (Å²) in [4.78, 5) is 4.17. The van der Waals surface area contributed by atoms with E-state index in [-0.39, 0.29) is 16.6 Å². The molecule has 6 heteroatoms. The van der Waals surface area contributed by atoms with Gasteiger partial charge in [0.2, 0.25) is 0 Å². The number of nitrogens with one attached hydrogen (secondary N) is 1. The topological polar surface area (TPSA) is 47.3 Å². The minimum Gasteiger partial charge on any atom is -0.417 e. The van der Waals surface area contributed by atoms with Gasteiger partial charge < -0.3 is 14.5 Å². The van der Waals surface area contributed by atoms with Crippen LogP contribution in [0, 0.1) is 5.82 Å². The predicted octanol–water partition coefficient (Wildman–Crippen LogP) is 4.15. The molecule has 0 amide bonds. The molecule has 2 aromatic rings. The number of hydrogen-bond acceptors (Lipinski definition) is 4. The molecule has 1 aromatic carbocycles. The van der Waals surface area contributed by atoms with Crippen molar-refractivity contribution in [3.05, 3.63) is 41.0 Å². The maximum Gasteiger partial charge on any atom is 0.399 e. The van der Waals surface area contributed by atoms with E-state index in [2.05, 4.69) is 31.1 Å². The van der Waals surface area contributed by atoms with Crippen molar-refractivity contribution in [2.24, 2.45) is 0 Å². The van der Waals surface area contributed by atoms with Crippen LogP contribution in [0.1, 0.15) is 26.5 Å². The van der Waals surface area contributed by atoms with Gasteiger partial charge in [0, 0.05) is 18.2 Å². The monoisotopic (exact) mass is 298 g/mol. The van der Waals surface area contributed by atoms with Crippen LogP contribution in [0.5, 0.6) is 11.8 Å². The smallest absolute Gasteiger partial charge is 0.399 e.